The first-order valence-electron chi connectivity index (χ1n) is 6.84. The lowest BCUT2D eigenvalue weighted by molar-refractivity contribution is 0.0741. The zero-order chi connectivity index (χ0) is 13.0. The average Bonchev–Trinajstić information content (AvgIpc) is 2.31. The molecule has 0 spiro atoms. The standard InChI is InChI=1S/C15H22N2O.ClH/c1-12-7-8-13(16)11-14(12)15(18)17-9-5-3-2-4-6-10-17;/h7-8,11H,2-6,9-10,16H2,1H3;1H. The largest absolute Gasteiger partial charge is 0.399 e. The Morgan fingerprint density at radius 1 is 1.11 bits per heavy atom. The molecule has 0 atom stereocenters. The first kappa shape index (κ1) is 15.8. The topological polar surface area (TPSA) is 46.3 Å². The first-order valence-corrected chi connectivity index (χ1v) is 6.84. The smallest absolute Gasteiger partial charge is 0.254 e. The number of hydrogen-bond acceptors (Lipinski definition) is 2. The van der Waals surface area contributed by atoms with Gasteiger partial charge in [-0.1, -0.05) is 25.3 Å². The number of rotatable bonds is 1. The molecule has 0 aliphatic carbocycles. The number of likely N-dealkylation sites (tertiary alicyclic amines) is 1. The molecule has 106 valence electrons. The van der Waals surface area contributed by atoms with Crippen molar-refractivity contribution in [1.29, 1.82) is 0 Å². The van der Waals surface area contributed by atoms with Crippen LogP contribution in [-0.2, 0) is 0 Å². The highest BCUT2D eigenvalue weighted by atomic mass is 35.5. The third kappa shape index (κ3) is 4.13. The molecule has 0 bridgehead atoms. The van der Waals surface area contributed by atoms with E-state index in [1.165, 1.54) is 19.3 Å². The summed E-state index contributed by atoms with van der Waals surface area (Å²) < 4.78 is 0. The van der Waals surface area contributed by atoms with Gasteiger partial charge in [-0.25, -0.2) is 0 Å². The summed E-state index contributed by atoms with van der Waals surface area (Å²) >= 11 is 0. The van der Waals surface area contributed by atoms with Crippen molar-refractivity contribution in [3.63, 3.8) is 0 Å². The molecule has 1 heterocycles. The highest BCUT2D eigenvalue weighted by Crippen LogP contribution is 2.18. The number of nitrogens with two attached hydrogens (primary N) is 1. The minimum Gasteiger partial charge on any atom is -0.399 e. The van der Waals surface area contributed by atoms with E-state index < -0.39 is 0 Å². The molecule has 1 aliphatic rings. The number of nitrogens with zero attached hydrogens (tertiary/aromatic N) is 1. The third-order valence-corrected chi connectivity index (χ3v) is 3.64. The fourth-order valence-corrected chi connectivity index (χ4v) is 2.49. The zero-order valence-electron chi connectivity index (χ0n) is 11.5. The van der Waals surface area contributed by atoms with Gasteiger partial charge in [0.1, 0.15) is 0 Å². The number of amides is 1. The molecular weight excluding hydrogens is 260 g/mol. The molecular formula is C15H23ClN2O. The minimum atomic E-state index is 0. The lowest BCUT2D eigenvalue weighted by atomic mass is 10.0. The molecule has 1 aromatic rings. The van der Waals surface area contributed by atoms with E-state index >= 15 is 0 Å². The van der Waals surface area contributed by atoms with Gasteiger partial charge in [0.2, 0.25) is 0 Å². The Morgan fingerprint density at radius 2 is 1.68 bits per heavy atom. The maximum Gasteiger partial charge on any atom is 0.254 e. The molecule has 1 aliphatic heterocycles. The van der Waals surface area contributed by atoms with E-state index in [9.17, 15) is 4.79 Å². The molecule has 3 nitrogen and oxygen atoms in total. The number of nitrogen functional groups attached to an aromatic ring is 1. The monoisotopic (exact) mass is 282 g/mol. The molecule has 1 fully saturated rings. The number of hydrogen-bond donors (Lipinski definition) is 1. The van der Waals surface area contributed by atoms with E-state index in [1.807, 2.05) is 24.0 Å². The van der Waals surface area contributed by atoms with Gasteiger partial charge in [-0.2, -0.15) is 0 Å². The molecule has 2 N–H and O–H groups in total. The summed E-state index contributed by atoms with van der Waals surface area (Å²) in [5.74, 6) is 0.140. The van der Waals surface area contributed by atoms with E-state index in [2.05, 4.69) is 0 Å². The second kappa shape index (κ2) is 7.39. The van der Waals surface area contributed by atoms with Crippen LogP contribution in [0.15, 0.2) is 18.2 Å². The van der Waals surface area contributed by atoms with Crippen LogP contribution in [0.2, 0.25) is 0 Å². The lowest BCUT2D eigenvalue weighted by Crippen LogP contribution is -2.34. The van der Waals surface area contributed by atoms with Gasteiger partial charge < -0.3 is 10.6 Å². The maximum atomic E-state index is 12.5. The van der Waals surface area contributed by atoms with Crippen LogP contribution in [-0.4, -0.2) is 23.9 Å². The number of carbonyl (C=O) groups is 1. The van der Waals surface area contributed by atoms with Crippen molar-refractivity contribution in [2.45, 2.75) is 39.0 Å². The molecule has 0 saturated carbocycles. The van der Waals surface area contributed by atoms with Gasteiger partial charge in [-0.05, 0) is 37.5 Å². The number of halogens is 1. The van der Waals surface area contributed by atoms with Crippen LogP contribution in [0.4, 0.5) is 5.69 Å². The van der Waals surface area contributed by atoms with Crippen molar-refractivity contribution in [2.75, 3.05) is 18.8 Å². The van der Waals surface area contributed by atoms with E-state index in [-0.39, 0.29) is 18.3 Å². The normalized spacial score (nSPS) is 16.2. The van der Waals surface area contributed by atoms with E-state index in [4.69, 9.17) is 5.73 Å². The predicted octanol–water partition coefficient (Wildman–Crippen LogP) is 3.41. The summed E-state index contributed by atoms with van der Waals surface area (Å²) in [5, 5.41) is 0. The van der Waals surface area contributed by atoms with Crippen LogP contribution >= 0.6 is 12.4 Å². The van der Waals surface area contributed by atoms with Crippen LogP contribution in [0.25, 0.3) is 0 Å². The molecule has 4 heteroatoms. The van der Waals surface area contributed by atoms with Gasteiger partial charge in [-0.15, -0.1) is 12.4 Å². The Hall–Kier alpha value is -1.22. The Balaban J connectivity index is 0.00000180. The molecule has 1 saturated heterocycles. The van der Waals surface area contributed by atoms with Gasteiger partial charge in [0.15, 0.2) is 0 Å². The Kier molecular flexibility index (Phi) is 6.16. The van der Waals surface area contributed by atoms with Crippen LogP contribution in [0.3, 0.4) is 0 Å². The number of aryl methyl sites for hydroxylation is 1. The van der Waals surface area contributed by atoms with Crippen molar-refractivity contribution in [3.8, 4) is 0 Å². The quantitative estimate of drug-likeness (QED) is 0.803. The SMILES string of the molecule is Cc1ccc(N)cc1C(=O)N1CCCCCCC1.Cl. The molecule has 1 aromatic carbocycles. The zero-order valence-corrected chi connectivity index (χ0v) is 12.3. The van der Waals surface area contributed by atoms with Crippen molar-refractivity contribution < 1.29 is 4.79 Å². The Morgan fingerprint density at radius 3 is 2.32 bits per heavy atom. The van der Waals surface area contributed by atoms with Crippen LogP contribution in [0.1, 0.15) is 48.0 Å². The van der Waals surface area contributed by atoms with Crippen molar-refractivity contribution in [3.05, 3.63) is 29.3 Å². The van der Waals surface area contributed by atoms with Crippen LogP contribution in [0.5, 0.6) is 0 Å². The molecule has 0 unspecified atom stereocenters. The molecule has 0 aromatic heterocycles. The van der Waals surface area contributed by atoms with Gasteiger partial charge in [-0.3, -0.25) is 4.79 Å². The first-order chi connectivity index (χ1) is 8.68. The second-order valence-corrected chi connectivity index (χ2v) is 5.13. The van der Waals surface area contributed by atoms with Gasteiger partial charge >= 0.3 is 0 Å². The van der Waals surface area contributed by atoms with E-state index in [0.29, 0.717) is 5.69 Å². The molecule has 2 rings (SSSR count). The highest BCUT2D eigenvalue weighted by molar-refractivity contribution is 5.96. The van der Waals surface area contributed by atoms with Crippen molar-refractivity contribution >= 4 is 24.0 Å². The molecule has 1 amide bonds. The number of anilines is 1. The third-order valence-electron chi connectivity index (χ3n) is 3.64. The summed E-state index contributed by atoms with van der Waals surface area (Å²) in [6.45, 7) is 3.73. The van der Waals surface area contributed by atoms with Crippen LogP contribution in [0, 0.1) is 6.92 Å². The number of benzene rings is 1. The van der Waals surface area contributed by atoms with E-state index in [0.717, 1.165) is 37.1 Å². The van der Waals surface area contributed by atoms with Gasteiger partial charge in [0.25, 0.3) is 5.91 Å². The summed E-state index contributed by atoms with van der Waals surface area (Å²) in [5.41, 5.74) is 8.21. The Bertz CT molecular complexity index is 426. The van der Waals surface area contributed by atoms with Gasteiger partial charge in [0, 0.05) is 24.3 Å². The Labute approximate surface area is 121 Å². The predicted molar refractivity (Wildman–Crippen MR) is 81.8 cm³/mol. The summed E-state index contributed by atoms with van der Waals surface area (Å²) in [6, 6.07) is 5.57. The van der Waals surface area contributed by atoms with E-state index in [1.54, 1.807) is 6.07 Å². The summed E-state index contributed by atoms with van der Waals surface area (Å²) in [6.07, 6.45) is 6.01. The fourth-order valence-electron chi connectivity index (χ4n) is 2.49. The second-order valence-electron chi connectivity index (χ2n) is 5.13. The summed E-state index contributed by atoms with van der Waals surface area (Å²) in [7, 11) is 0. The highest BCUT2D eigenvalue weighted by Gasteiger charge is 2.18. The summed E-state index contributed by atoms with van der Waals surface area (Å²) in [4.78, 5) is 14.5. The maximum absolute atomic E-state index is 12.5. The fraction of sp³-hybridized carbons (Fsp3) is 0.533. The molecule has 19 heavy (non-hydrogen) atoms. The molecule has 0 radical (unpaired) electrons. The van der Waals surface area contributed by atoms with Crippen molar-refractivity contribution in [1.82, 2.24) is 4.90 Å². The van der Waals surface area contributed by atoms with Crippen molar-refractivity contribution in [2.24, 2.45) is 0 Å². The van der Waals surface area contributed by atoms with Gasteiger partial charge in [0.05, 0.1) is 0 Å². The van der Waals surface area contributed by atoms with Crippen LogP contribution < -0.4 is 5.73 Å². The lowest BCUT2D eigenvalue weighted by Gasteiger charge is -2.25. The average molecular weight is 283 g/mol. The minimum absolute atomic E-state index is 0. The number of carbonyl (C=O) groups excluding carboxylic acids is 1.